The SMILES string of the molecule is C=Cc1ccccc1.O=C1C=CC(=O)C=C1.O=C1c2ccc3ccccc3c2C(=O)c2ccc3ccccc3c21. The molecule has 7 rings (SSSR count). The van der Waals surface area contributed by atoms with E-state index >= 15 is 0 Å². The fourth-order valence-electron chi connectivity index (χ4n) is 4.71. The zero-order valence-electron chi connectivity index (χ0n) is 21.5. The third-order valence-corrected chi connectivity index (χ3v) is 6.66. The average Bonchev–Trinajstić information content (AvgIpc) is 3.01. The first-order valence-corrected chi connectivity index (χ1v) is 12.7. The maximum Gasteiger partial charge on any atom is 0.195 e. The third-order valence-electron chi connectivity index (χ3n) is 6.66. The summed E-state index contributed by atoms with van der Waals surface area (Å²) in [6.07, 6.45) is 6.84. The molecular weight excluding hydrogens is 496 g/mol. The van der Waals surface area contributed by atoms with Gasteiger partial charge in [0.2, 0.25) is 0 Å². The monoisotopic (exact) mass is 520 g/mol. The molecule has 2 aliphatic carbocycles. The van der Waals surface area contributed by atoms with Gasteiger partial charge in [-0.05, 0) is 63.5 Å². The number of ketones is 4. The molecule has 5 aromatic rings. The van der Waals surface area contributed by atoms with Crippen LogP contribution in [0, 0.1) is 0 Å². The predicted octanol–water partition coefficient (Wildman–Crippen LogP) is 7.35. The molecule has 4 nitrogen and oxygen atoms in total. The molecule has 2 aliphatic rings. The van der Waals surface area contributed by atoms with Crippen molar-refractivity contribution >= 4 is 50.8 Å². The predicted molar refractivity (Wildman–Crippen MR) is 160 cm³/mol. The van der Waals surface area contributed by atoms with Crippen molar-refractivity contribution in [1.29, 1.82) is 0 Å². The number of carbonyl (C=O) groups is 4. The maximum atomic E-state index is 13.2. The van der Waals surface area contributed by atoms with Gasteiger partial charge < -0.3 is 0 Å². The average molecular weight is 521 g/mol. The van der Waals surface area contributed by atoms with E-state index < -0.39 is 0 Å². The lowest BCUT2D eigenvalue weighted by molar-refractivity contribution is -0.113. The number of rotatable bonds is 1. The molecule has 0 saturated carbocycles. The van der Waals surface area contributed by atoms with Crippen LogP contribution in [0.15, 0.2) is 134 Å². The second-order valence-corrected chi connectivity index (χ2v) is 9.16. The van der Waals surface area contributed by atoms with Crippen LogP contribution < -0.4 is 0 Å². The van der Waals surface area contributed by atoms with Crippen molar-refractivity contribution in [3.63, 3.8) is 0 Å². The summed E-state index contributed by atoms with van der Waals surface area (Å²) >= 11 is 0. The van der Waals surface area contributed by atoms with E-state index in [0.717, 1.165) is 21.5 Å². The Bertz CT molecular complexity index is 1740. The molecule has 0 aliphatic heterocycles. The van der Waals surface area contributed by atoms with Crippen LogP contribution in [0.5, 0.6) is 0 Å². The van der Waals surface area contributed by atoms with Crippen LogP contribution in [0.3, 0.4) is 0 Å². The lowest BCUT2D eigenvalue weighted by Crippen LogP contribution is -2.21. The smallest absolute Gasteiger partial charge is 0.195 e. The van der Waals surface area contributed by atoms with E-state index in [1.54, 1.807) is 12.1 Å². The molecule has 0 aromatic heterocycles. The number of allylic oxidation sites excluding steroid dienone is 4. The van der Waals surface area contributed by atoms with Crippen LogP contribution in [0.2, 0.25) is 0 Å². The molecule has 5 aromatic carbocycles. The summed E-state index contributed by atoms with van der Waals surface area (Å²) in [5.41, 5.74) is 3.24. The zero-order valence-corrected chi connectivity index (χ0v) is 21.5. The Morgan fingerprint density at radius 2 is 0.850 bits per heavy atom. The topological polar surface area (TPSA) is 68.3 Å². The summed E-state index contributed by atoms with van der Waals surface area (Å²) in [4.78, 5) is 46.9. The largest absolute Gasteiger partial charge is 0.290 e. The molecule has 0 N–H and O–H groups in total. The highest BCUT2D eigenvalue weighted by molar-refractivity contribution is 6.35. The van der Waals surface area contributed by atoms with Crippen LogP contribution in [-0.2, 0) is 9.59 Å². The van der Waals surface area contributed by atoms with Gasteiger partial charge in [-0.2, -0.15) is 0 Å². The van der Waals surface area contributed by atoms with E-state index in [-0.39, 0.29) is 23.1 Å². The summed E-state index contributed by atoms with van der Waals surface area (Å²) in [6, 6.07) is 32.8. The number of carbonyl (C=O) groups excluding carboxylic acids is 4. The molecule has 192 valence electrons. The molecule has 0 heterocycles. The molecule has 0 atom stereocenters. The Morgan fingerprint density at radius 1 is 0.450 bits per heavy atom. The van der Waals surface area contributed by atoms with E-state index in [1.807, 2.05) is 97.1 Å². The minimum absolute atomic E-state index is 0.0675. The van der Waals surface area contributed by atoms with Gasteiger partial charge in [0.15, 0.2) is 23.1 Å². The molecule has 0 amide bonds. The van der Waals surface area contributed by atoms with Crippen molar-refractivity contribution in [3.05, 3.63) is 162 Å². The quantitative estimate of drug-likeness (QED) is 0.213. The van der Waals surface area contributed by atoms with Crippen molar-refractivity contribution in [2.75, 3.05) is 0 Å². The molecule has 4 heteroatoms. The number of hydrogen-bond donors (Lipinski definition) is 0. The van der Waals surface area contributed by atoms with Gasteiger partial charge in [-0.3, -0.25) is 19.2 Å². The first-order valence-electron chi connectivity index (χ1n) is 12.7. The summed E-state index contributed by atoms with van der Waals surface area (Å²) < 4.78 is 0. The second kappa shape index (κ2) is 11.5. The Labute approximate surface area is 231 Å². The normalized spacial score (nSPS) is 13.1. The molecule has 0 unspecified atom stereocenters. The van der Waals surface area contributed by atoms with Crippen molar-refractivity contribution in [3.8, 4) is 0 Å². The fourth-order valence-corrected chi connectivity index (χ4v) is 4.71. The lowest BCUT2D eigenvalue weighted by Gasteiger charge is -2.20. The summed E-state index contributed by atoms with van der Waals surface area (Å²) in [5, 5.41) is 3.63. The van der Waals surface area contributed by atoms with Gasteiger partial charge in [-0.15, -0.1) is 0 Å². The first-order chi connectivity index (χ1) is 19.5. The standard InChI is InChI=1S/C22H12O2.C8H8.C6H4O2/c23-21-18-12-10-14-6-2-4-8-16(14)20(18)22(24)17-11-9-13-5-1-3-7-15(13)19(17)21;1-2-8-6-4-3-5-7-8;7-5-1-2-6(8)4-3-5/h1-12H;2-7H,1H2;1-4H. The van der Waals surface area contributed by atoms with Gasteiger partial charge in [0.25, 0.3) is 0 Å². The summed E-state index contributed by atoms with van der Waals surface area (Å²) in [7, 11) is 0. The van der Waals surface area contributed by atoms with Crippen LogP contribution in [0.1, 0.15) is 37.4 Å². The number of benzene rings is 5. The van der Waals surface area contributed by atoms with Crippen LogP contribution in [0.4, 0.5) is 0 Å². The molecule has 0 fully saturated rings. The number of fused-ring (bicyclic) bond motifs is 6. The van der Waals surface area contributed by atoms with Crippen molar-refractivity contribution < 1.29 is 19.2 Å². The van der Waals surface area contributed by atoms with Crippen LogP contribution in [0.25, 0.3) is 27.6 Å². The highest BCUT2D eigenvalue weighted by Crippen LogP contribution is 2.35. The van der Waals surface area contributed by atoms with Gasteiger partial charge in [-0.1, -0.05) is 104 Å². The second-order valence-electron chi connectivity index (χ2n) is 9.16. The maximum absolute atomic E-state index is 13.2. The molecule has 0 radical (unpaired) electrons. The zero-order chi connectivity index (χ0) is 28.1. The highest BCUT2D eigenvalue weighted by Gasteiger charge is 2.32. The van der Waals surface area contributed by atoms with Crippen molar-refractivity contribution in [2.45, 2.75) is 0 Å². The molecule has 0 spiro atoms. The van der Waals surface area contributed by atoms with Gasteiger partial charge in [-0.25, -0.2) is 0 Å². The van der Waals surface area contributed by atoms with E-state index in [4.69, 9.17) is 0 Å². The van der Waals surface area contributed by atoms with Crippen molar-refractivity contribution in [1.82, 2.24) is 0 Å². The molecule has 0 saturated heterocycles. The Morgan fingerprint density at radius 3 is 1.25 bits per heavy atom. The molecule has 40 heavy (non-hydrogen) atoms. The third kappa shape index (κ3) is 5.24. The van der Waals surface area contributed by atoms with Gasteiger partial charge >= 0.3 is 0 Å². The van der Waals surface area contributed by atoms with Gasteiger partial charge in [0, 0.05) is 22.3 Å². The molecular formula is C36H24O4. The number of hydrogen-bond acceptors (Lipinski definition) is 4. The first kappa shape index (κ1) is 26.1. The van der Waals surface area contributed by atoms with E-state index in [1.165, 1.54) is 29.9 Å². The van der Waals surface area contributed by atoms with Crippen molar-refractivity contribution in [2.24, 2.45) is 0 Å². The summed E-state index contributed by atoms with van der Waals surface area (Å²) in [6.45, 7) is 3.63. The van der Waals surface area contributed by atoms with Gasteiger partial charge in [0.05, 0.1) is 0 Å². The minimum atomic E-state index is -0.121. The fraction of sp³-hybridized carbons (Fsp3) is 0. The van der Waals surface area contributed by atoms with E-state index in [0.29, 0.717) is 22.3 Å². The highest BCUT2D eigenvalue weighted by atomic mass is 16.1. The Hall–Kier alpha value is -5.48. The Kier molecular flexibility index (Phi) is 7.52. The summed E-state index contributed by atoms with van der Waals surface area (Å²) in [5.74, 6) is -0.376. The van der Waals surface area contributed by atoms with E-state index in [9.17, 15) is 19.2 Å². The van der Waals surface area contributed by atoms with Crippen LogP contribution >= 0.6 is 0 Å². The minimum Gasteiger partial charge on any atom is -0.290 e. The van der Waals surface area contributed by atoms with Gasteiger partial charge in [0.1, 0.15) is 0 Å². The van der Waals surface area contributed by atoms with Crippen LogP contribution in [-0.4, -0.2) is 23.1 Å². The Balaban J connectivity index is 0.000000165. The lowest BCUT2D eigenvalue weighted by atomic mass is 9.80. The van der Waals surface area contributed by atoms with E-state index in [2.05, 4.69) is 6.58 Å². The molecule has 0 bridgehead atoms.